The van der Waals surface area contributed by atoms with Gasteiger partial charge in [-0.2, -0.15) is 0 Å². The summed E-state index contributed by atoms with van der Waals surface area (Å²) in [6.07, 6.45) is 0. The number of alkyl halides is 1. The maximum absolute atomic E-state index is 11.1. The van der Waals surface area contributed by atoms with Crippen LogP contribution >= 0.6 is 15.9 Å². The summed E-state index contributed by atoms with van der Waals surface area (Å²) in [5, 5.41) is 0.837. The predicted octanol–water partition coefficient (Wildman–Crippen LogP) is 4.04. The first kappa shape index (κ1) is 11.1. The molecule has 0 saturated heterocycles. The van der Waals surface area contributed by atoms with Gasteiger partial charge in [-0.05, 0) is 17.7 Å². The standard InChI is InChI=1S/C13H11BrO2/c1-9(15)12-6-7-13(16-12)11-4-2-10(8-14)3-5-11/h2-7H,8H2,1H3. The lowest BCUT2D eigenvalue weighted by Gasteiger charge is -1.98. The summed E-state index contributed by atoms with van der Waals surface area (Å²) in [4.78, 5) is 11.1. The molecule has 1 aromatic carbocycles. The van der Waals surface area contributed by atoms with Gasteiger partial charge in [0.15, 0.2) is 11.5 Å². The van der Waals surface area contributed by atoms with E-state index in [0.717, 1.165) is 16.7 Å². The molecular weight excluding hydrogens is 268 g/mol. The van der Waals surface area contributed by atoms with Crippen LogP contribution in [-0.2, 0) is 5.33 Å². The lowest BCUT2D eigenvalue weighted by Crippen LogP contribution is -1.86. The Morgan fingerprint density at radius 3 is 2.38 bits per heavy atom. The normalized spacial score (nSPS) is 10.4. The van der Waals surface area contributed by atoms with Gasteiger partial charge in [0.05, 0.1) is 0 Å². The minimum atomic E-state index is -0.0525. The molecule has 16 heavy (non-hydrogen) atoms. The number of benzene rings is 1. The second-order valence-electron chi connectivity index (χ2n) is 3.55. The molecule has 0 aliphatic carbocycles. The topological polar surface area (TPSA) is 30.2 Å². The molecule has 82 valence electrons. The van der Waals surface area contributed by atoms with Gasteiger partial charge in [0, 0.05) is 17.8 Å². The lowest BCUT2D eigenvalue weighted by atomic mass is 10.1. The van der Waals surface area contributed by atoms with E-state index in [1.54, 1.807) is 6.07 Å². The molecule has 0 N–H and O–H groups in total. The van der Waals surface area contributed by atoms with E-state index >= 15 is 0 Å². The van der Waals surface area contributed by atoms with Crippen LogP contribution in [0.15, 0.2) is 40.8 Å². The van der Waals surface area contributed by atoms with Gasteiger partial charge in [-0.1, -0.05) is 40.2 Å². The zero-order valence-electron chi connectivity index (χ0n) is 8.87. The summed E-state index contributed by atoms with van der Waals surface area (Å²) in [5.41, 5.74) is 2.19. The van der Waals surface area contributed by atoms with Crippen molar-refractivity contribution in [2.75, 3.05) is 0 Å². The third kappa shape index (κ3) is 2.25. The largest absolute Gasteiger partial charge is 0.453 e. The van der Waals surface area contributed by atoms with Crippen LogP contribution in [0.1, 0.15) is 23.0 Å². The number of carbonyl (C=O) groups is 1. The van der Waals surface area contributed by atoms with Gasteiger partial charge in [0.2, 0.25) is 0 Å². The zero-order chi connectivity index (χ0) is 11.5. The Labute approximate surface area is 102 Å². The van der Waals surface area contributed by atoms with E-state index < -0.39 is 0 Å². The maximum atomic E-state index is 11.1. The van der Waals surface area contributed by atoms with Gasteiger partial charge in [-0.15, -0.1) is 0 Å². The van der Waals surface area contributed by atoms with Crippen LogP contribution < -0.4 is 0 Å². The number of ketones is 1. The molecule has 0 saturated carbocycles. The summed E-state index contributed by atoms with van der Waals surface area (Å²) in [6, 6.07) is 11.6. The minimum Gasteiger partial charge on any atom is -0.453 e. The van der Waals surface area contributed by atoms with Crippen LogP contribution in [0.3, 0.4) is 0 Å². The fourth-order valence-corrected chi connectivity index (χ4v) is 1.81. The molecule has 0 atom stereocenters. The van der Waals surface area contributed by atoms with Gasteiger partial charge < -0.3 is 4.42 Å². The van der Waals surface area contributed by atoms with Crippen molar-refractivity contribution in [1.82, 2.24) is 0 Å². The monoisotopic (exact) mass is 278 g/mol. The highest BCUT2D eigenvalue weighted by Crippen LogP contribution is 2.23. The van der Waals surface area contributed by atoms with Crippen molar-refractivity contribution in [2.24, 2.45) is 0 Å². The number of Topliss-reactive ketones (excluding diaryl/α,β-unsaturated/α-hetero) is 1. The quantitative estimate of drug-likeness (QED) is 0.627. The molecule has 0 radical (unpaired) electrons. The van der Waals surface area contributed by atoms with Crippen LogP contribution in [0.2, 0.25) is 0 Å². The van der Waals surface area contributed by atoms with Gasteiger partial charge >= 0.3 is 0 Å². The Morgan fingerprint density at radius 2 is 1.88 bits per heavy atom. The van der Waals surface area contributed by atoms with Crippen LogP contribution in [-0.4, -0.2) is 5.78 Å². The molecular formula is C13H11BrO2. The summed E-state index contributed by atoms with van der Waals surface area (Å²) < 4.78 is 5.44. The van der Waals surface area contributed by atoms with Crippen molar-refractivity contribution in [3.63, 3.8) is 0 Å². The molecule has 0 unspecified atom stereocenters. The Kier molecular flexibility index (Phi) is 3.25. The molecule has 2 rings (SSSR count). The van der Waals surface area contributed by atoms with Crippen molar-refractivity contribution in [2.45, 2.75) is 12.3 Å². The first-order valence-electron chi connectivity index (χ1n) is 4.97. The van der Waals surface area contributed by atoms with Gasteiger partial charge in [0.25, 0.3) is 0 Å². The SMILES string of the molecule is CC(=O)c1ccc(-c2ccc(CBr)cc2)o1. The van der Waals surface area contributed by atoms with Crippen LogP contribution in [0.5, 0.6) is 0 Å². The summed E-state index contributed by atoms with van der Waals surface area (Å²) in [5.74, 6) is 1.08. The van der Waals surface area contributed by atoms with Crippen LogP contribution in [0.25, 0.3) is 11.3 Å². The van der Waals surface area contributed by atoms with Crippen molar-refractivity contribution < 1.29 is 9.21 Å². The second-order valence-corrected chi connectivity index (χ2v) is 4.11. The van der Waals surface area contributed by atoms with E-state index in [-0.39, 0.29) is 5.78 Å². The molecule has 0 aliphatic heterocycles. The number of hydrogen-bond acceptors (Lipinski definition) is 2. The number of rotatable bonds is 3. The highest BCUT2D eigenvalue weighted by atomic mass is 79.9. The number of furan rings is 1. The Bertz CT molecular complexity index is 497. The van der Waals surface area contributed by atoms with Gasteiger partial charge in [-0.3, -0.25) is 4.79 Å². The highest BCUT2D eigenvalue weighted by molar-refractivity contribution is 9.08. The predicted molar refractivity (Wildman–Crippen MR) is 66.8 cm³/mol. The first-order valence-corrected chi connectivity index (χ1v) is 6.09. The fourth-order valence-electron chi connectivity index (χ4n) is 1.44. The van der Waals surface area contributed by atoms with Crippen molar-refractivity contribution in [3.05, 3.63) is 47.7 Å². The van der Waals surface area contributed by atoms with E-state index in [1.807, 2.05) is 30.3 Å². The van der Waals surface area contributed by atoms with E-state index in [0.29, 0.717) is 5.76 Å². The molecule has 3 heteroatoms. The molecule has 0 amide bonds. The molecule has 2 nitrogen and oxygen atoms in total. The maximum Gasteiger partial charge on any atom is 0.194 e. The fraction of sp³-hybridized carbons (Fsp3) is 0.154. The Balaban J connectivity index is 2.31. The minimum absolute atomic E-state index is 0.0525. The second kappa shape index (κ2) is 4.66. The van der Waals surface area contributed by atoms with E-state index in [4.69, 9.17) is 4.42 Å². The molecule has 2 aromatic rings. The summed E-state index contributed by atoms with van der Waals surface area (Å²) in [6.45, 7) is 1.50. The third-order valence-corrected chi connectivity index (χ3v) is 2.99. The number of carbonyl (C=O) groups excluding carboxylic acids is 1. The zero-order valence-corrected chi connectivity index (χ0v) is 10.5. The Morgan fingerprint density at radius 1 is 1.19 bits per heavy atom. The van der Waals surface area contributed by atoms with E-state index in [9.17, 15) is 4.79 Å². The van der Waals surface area contributed by atoms with E-state index in [2.05, 4.69) is 15.9 Å². The van der Waals surface area contributed by atoms with Crippen molar-refractivity contribution >= 4 is 21.7 Å². The number of hydrogen-bond donors (Lipinski definition) is 0. The van der Waals surface area contributed by atoms with Gasteiger partial charge in [0.1, 0.15) is 5.76 Å². The lowest BCUT2D eigenvalue weighted by molar-refractivity contribution is 0.0988. The first-order chi connectivity index (χ1) is 7.70. The molecule has 0 fully saturated rings. The average Bonchev–Trinajstić information content (AvgIpc) is 2.78. The molecule has 0 aliphatic rings. The molecule has 0 bridgehead atoms. The number of halogens is 1. The molecule has 1 aromatic heterocycles. The van der Waals surface area contributed by atoms with E-state index in [1.165, 1.54) is 12.5 Å². The van der Waals surface area contributed by atoms with Crippen molar-refractivity contribution in [1.29, 1.82) is 0 Å². The third-order valence-electron chi connectivity index (χ3n) is 2.35. The Hall–Kier alpha value is -1.35. The van der Waals surface area contributed by atoms with Gasteiger partial charge in [-0.25, -0.2) is 0 Å². The van der Waals surface area contributed by atoms with Crippen LogP contribution in [0.4, 0.5) is 0 Å². The van der Waals surface area contributed by atoms with Crippen LogP contribution in [0, 0.1) is 0 Å². The highest BCUT2D eigenvalue weighted by Gasteiger charge is 2.07. The smallest absolute Gasteiger partial charge is 0.194 e. The average molecular weight is 279 g/mol. The summed E-state index contributed by atoms with van der Waals surface area (Å²) >= 11 is 3.39. The van der Waals surface area contributed by atoms with Crippen molar-refractivity contribution in [3.8, 4) is 11.3 Å². The summed E-state index contributed by atoms with van der Waals surface area (Å²) in [7, 11) is 0. The molecule has 0 spiro atoms. The molecule has 1 heterocycles.